The molecule has 0 aromatic rings. The van der Waals surface area contributed by atoms with Gasteiger partial charge in [-0.15, -0.1) is 11.6 Å². The van der Waals surface area contributed by atoms with Gasteiger partial charge in [0, 0.05) is 17.4 Å². The van der Waals surface area contributed by atoms with Crippen molar-refractivity contribution < 1.29 is 28.5 Å². The Bertz CT molecular complexity index is 912. The summed E-state index contributed by atoms with van der Waals surface area (Å²) in [6.07, 6.45) is 1.10. The summed E-state index contributed by atoms with van der Waals surface area (Å²) in [7, 11) is 0. The van der Waals surface area contributed by atoms with Gasteiger partial charge in [0.05, 0.1) is 4.87 Å². The number of carbonyl (C=O) groups excluding carboxylic acids is 2. The van der Waals surface area contributed by atoms with Crippen LogP contribution in [-0.2, 0) is 28.5 Å². The van der Waals surface area contributed by atoms with Crippen LogP contribution in [0.1, 0.15) is 40.0 Å². The van der Waals surface area contributed by atoms with E-state index in [1.165, 1.54) is 0 Å². The first-order valence-electron chi connectivity index (χ1n) is 9.87. The van der Waals surface area contributed by atoms with Crippen LogP contribution >= 0.6 is 11.6 Å². The van der Waals surface area contributed by atoms with Crippen molar-refractivity contribution >= 4 is 23.4 Å². The highest BCUT2D eigenvalue weighted by Gasteiger charge is 3.02. The smallest absolute Gasteiger partial charge is 0.334 e. The monoisotopic (exact) mass is 392 g/mol. The predicted molar refractivity (Wildman–Crippen MR) is 91.2 cm³/mol. The Morgan fingerprint density at radius 1 is 1.15 bits per heavy atom. The van der Waals surface area contributed by atoms with Crippen LogP contribution in [0.4, 0.5) is 0 Å². The predicted octanol–water partition coefficient (Wildman–Crippen LogP) is 1.67. The summed E-state index contributed by atoms with van der Waals surface area (Å²) in [5.74, 6) is -0.129. The van der Waals surface area contributed by atoms with Crippen LogP contribution in [0, 0.1) is 11.3 Å². The quantitative estimate of drug-likeness (QED) is 0.383. The highest BCUT2D eigenvalue weighted by molar-refractivity contribution is 6.28. The van der Waals surface area contributed by atoms with Gasteiger partial charge in [-0.3, -0.25) is 4.79 Å². The van der Waals surface area contributed by atoms with Gasteiger partial charge >= 0.3 is 5.97 Å². The summed E-state index contributed by atoms with van der Waals surface area (Å²) in [6, 6.07) is 0. The van der Waals surface area contributed by atoms with Crippen LogP contribution in [0.2, 0.25) is 0 Å². The number of esters is 1. The summed E-state index contributed by atoms with van der Waals surface area (Å²) in [5.41, 5.74) is -1.40. The molecule has 0 amide bonds. The second kappa shape index (κ2) is 3.89. The minimum Gasteiger partial charge on any atom is -0.458 e. The van der Waals surface area contributed by atoms with Crippen molar-refractivity contribution in [3.05, 3.63) is 11.1 Å². The first kappa shape index (κ1) is 15.9. The largest absolute Gasteiger partial charge is 0.458 e. The molecule has 4 heterocycles. The normalized spacial score (nSPS) is 61.3. The molecule has 6 nitrogen and oxygen atoms in total. The number of alkyl halides is 1. The Balaban J connectivity index is 1.43. The maximum Gasteiger partial charge on any atom is 0.334 e. The number of hydrogen-bond acceptors (Lipinski definition) is 6. The van der Waals surface area contributed by atoms with Gasteiger partial charge in [-0.05, 0) is 24.3 Å². The fourth-order valence-corrected chi connectivity index (χ4v) is 7.90. The first-order valence-corrected chi connectivity index (χ1v) is 10.3. The summed E-state index contributed by atoms with van der Waals surface area (Å²) in [4.78, 5) is 25.1. The van der Waals surface area contributed by atoms with Gasteiger partial charge in [0.25, 0.3) is 0 Å². The molecule has 27 heavy (non-hydrogen) atoms. The number of cyclic esters (lactones) is 1. The summed E-state index contributed by atoms with van der Waals surface area (Å²) in [6.45, 7) is 6.40. The molecule has 2 saturated carbocycles. The Kier molecular flexibility index (Phi) is 2.29. The average Bonchev–Trinajstić information content (AvgIpc) is 3.49. The molecule has 7 aliphatic rings. The maximum absolute atomic E-state index is 13.7. The van der Waals surface area contributed by atoms with Crippen molar-refractivity contribution in [3.63, 3.8) is 0 Å². The van der Waals surface area contributed by atoms with Crippen LogP contribution in [-0.4, -0.2) is 58.3 Å². The highest BCUT2D eigenvalue weighted by Crippen LogP contribution is 2.83. The Hall–Kier alpha value is -0.950. The van der Waals surface area contributed by atoms with Crippen molar-refractivity contribution in [2.75, 3.05) is 6.61 Å². The Labute approximate surface area is 161 Å². The minimum absolute atomic E-state index is 0.0483. The highest BCUT2D eigenvalue weighted by atomic mass is 35.5. The zero-order chi connectivity index (χ0) is 18.8. The lowest BCUT2D eigenvalue weighted by atomic mass is 9.46. The molecule has 0 radical (unpaired) electrons. The third-order valence-corrected chi connectivity index (χ3v) is 9.72. The van der Waals surface area contributed by atoms with E-state index in [4.69, 9.17) is 30.5 Å². The molecule has 0 N–H and O–H groups in total. The van der Waals surface area contributed by atoms with E-state index >= 15 is 0 Å². The number of Topliss-reactive ketones (excluding diaryl/α,β-unsaturated/α-hetero) is 1. The van der Waals surface area contributed by atoms with E-state index in [-0.39, 0.29) is 42.6 Å². The van der Waals surface area contributed by atoms with E-state index in [1.807, 2.05) is 13.8 Å². The zero-order valence-electron chi connectivity index (χ0n) is 15.5. The van der Waals surface area contributed by atoms with Gasteiger partial charge in [-0.25, -0.2) is 4.79 Å². The van der Waals surface area contributed by atoms with Crippen LogP contribution in [0.15, 0.2) is 11.1 Å². The molecule has 0 unspecified atom stereocenters. The van der Waals surface area contributed by atoms with Crippen molar-refractivity contribution in [3.8, 4) is 0 Å². The fraction of sp³-hybridized carbons (Fsp3) is 0.800. The van der Waals surface area contributed by atoms with Crippen LogP contribution in [0.5, 0.6) is 0 Å². The van der Waals surface area contributed by atoms with E-state index in [0.29, 0.717) is 24.8 Å². The minimum atomic E-state index is -0.941. The third kappa shape index (κ3) is 1.21. The van der Waals surface area contributed by atoms with E-state index in [9.17, 15) is 9.59 Å². The van der Waals surface area contributed by atoms with E-state index in [2.05, 4.69) is 6.92 Å². The number of halogens is 1. The molecule has 5 fully saturated rings. The molecule has 3 saturated heterocycles. The topological polar surface area (TPSA) is 81.0 Å². The van der Waals surface area contributed by atoms with Crippen molar-refractivity contribution in [1.29, 1.82) is 0 Å². The molecule has 8 atom stereocenters. The zero-order valence-corrected chi connectivity index (χ0v) is 16.2. The standard InChI is InChI=1S/C20H21ClO6/c1-8(2)18-12(26-18)13-20(27-13)16(3)5-4-9-10(7-24-14(9)22)17(16,21)6-11-19(20,25-11)15(18)23/h8,11-13H,4-7H2,1-3H3/t11-,12-,13-,16-,17+,18-,19+,20+/m0/s1. The van der Waals surface area contributed by atoms with E-state index < -0.39 is 27.1 Å². The van der Waals surface area contributed by atoms with Gasteiger partial charge in [0.1, 0.15) is 30.5 Å². The van der Waals surface area contributed by atoms with Gasteiger partial charge in [-0.1, -0.05) is 20.8 Å². The first-order chi connectivity index (χ1) is 12.7. The second-order valence-corrected chi connectivity index (χ2v) is 10.4. The SMILES string of the molecule is CC(C)[C@]12O[C@H]1[C@@H]1O[C@@]13[C@@]1(C)CCC4=C(COC4=O)[C@]1(Cl)C[C@@H]1O[C@@]13C2=O. The molecule has 3 aliphatic carbocycles. The number of ketones is 1. The molecular formula is C20H21ClO6. The molecule has 0 aromatic heterocycles. The Morgan fingerprint density at radius 3 is 2.67 bits per heavy atom. The number of epoxide rings is 3. The number of carbonyl (C=O) groups is 2. The molecule has 7 rings (SSSR count). The average molecular weight is 393 g/mol. The van der Waals surface area contributed by atoms with Crippen molar-refractivity contribution in [2.24, 2.45) is 11.3 Å². The van der Waals surface area contributed by atoms with E-state index in [1.54, 1.807) is 0 Å². The van der Waals surface area contributed by atoms with Gasteiger partial charge < -0.3 is 18.9 Å². The molecule has 7 heteroatoms. The lowest BCUT2D eigenvalue weighted by Crippen LogP contribution is -2.71. The molecular weight excluding hydrogens is 372 g/mol. The summed E-state index contributed by atoms with van der Waals surface area (Å²) >= 11 is 7.34. The maximum atomic E-state index is 13.7. The fourth-order valence-electron chi connectivity index (χ4n) is 7.36. The summed E-state index contributed by atoms with van der Waals surface area (Å²) in [5, 5.41) is 0. The molecule has 0 aromatic carbocycles. The van der Waals surface area contributed by atoms with Crippen LogP contribution in [0.3, 0.4) is 0 Å². The number of fused-ring (bicyclic) bond motifs is 4. The van der Waals surface area contributed by atoms with Crippen molar-refractivity contribution in [2.45, 2.75) is 80.0 Å². The summed E-state index contributed by atoms with van der Waals surface area (Å²) < 4.78 is 24.0. The van der Waals surface area contributed by atoms with Gasteiger partial charge in [0.2, 0.25) is 5.78 Å². The molecule has 0 bridgehead atoms. The third-order valence-electron chi connectivity index (χ3n) is 8.92. The Morgan fingerprint density at radius 2 is 1.93 bits per heavy atom. The van der Waals surface area contributed by atoms with Crippen molar-refractivity contribution in [1.82, 2.24) is 0 Å². The molecule has 144 valence electrons. The lowest BCUT2D eigenvalue weighted by molar-refractivity contribution is -0.139. The molecule has 2 spiro atoms. The lowest BCUT2D eigenvalue weighted by Gasteiger charge is -2.56. The van der Waals surface area contributed by atoms with E-state index in [0.717, 1.165) is 5.57 Å². The molecule has 4 aliphatic heterocycles. The van der Waals surface area contributed by atoms with Crippen LogP contribution in [0.25, 0.3) is 0 Å². The van der Waals surface area contributed by atoms with Gasteiger partial charge in [-0.2, -0.15) is 0 Å². The number of hydrogen-bond donors (Lipinski definition) is 0. The van der Waals surface area contributed by atoms with Gasteiger partial charge in [0.15, 0.2) is 11.2 Å². The van der Waals surface area contributed by atoms with Crippen LogP contribution < -0.4 is 0 Å². The second-order valence-electron chi connectivity index (χ2n) is 9.80. The number of rotatable bonds is 1. The number of ether oxygens (including phenoxy) is 4.